The van der Waals surface area contributed by atoms with Crippen LogP contribution in [0.3, 0.4) is 0 Å². The molecule has 278 valence electrons. The Kier molecular flexibility index (Phi) is 12.3. The van der Waals surface area contributed by atoms with E-state index in [1.807, 2.05) is 21.8 Å². The Balaban J connectivity index is 0.000000154. The third-order valence-corrected chi connectivity index (χ3v) is 10.7. The monoisotopic (exact) mass is 861 g/mol. The zero-order valence-electron chi connectivity index (χ0n) is 26.9. The number of hydrogen-bond donors (Lipinski definition) is 0. The molecule has 51 heavy (non-hydrogen) atoms. The van der Waals surface area contributed by atoms with Gasteiger partial charge in [0.15, 0.2) is 5.75 Å². The summed E-state index contributed by atoms with van der Waals surface area (Å²) in [5, 5.41) is 8.11. The number of amides is 2. The molecule has 0 spiro atoms. The first-order valence-electron chi connectivity index (χ1n) is 16.4. The van der Waals surface area contributed by atoms with Crippen molar-refractivity contribution in [1.29, 1.82) is 0 Å². The number of alkyl halides is 3. The van der Waals surface area contributed by atoms with Gasteiger partial charge in [-0.1, -0.05) is 7.43 Å². The highest BCUT2D eigenvalue weighted by Crippen LogP contribution is 2.33. The molecule has 2 saturated heterocycles. The van der Waals surface area contributed by atoms with E-state index in [2.05, 4.69) is 68.2 Å². The van der Waals surface area contributed by atoms with E-state index in [1.54, 1.807) is 0 Å². The van der Waals surface area contributed by atoms with Gasteiger partial charge >= 0.3 is 15.6 Å². The summed E-state index contributed by atoms with van der Waals surface area (Å²) in [4.78, 5) is 30.0. The molecule has 0 aromatic carbocycles. The van der Waals surface area contributed by atoms with Crippen molar-refractivity contribution in [2.75, 3.05) is 44.2 Å². The number of carbonyl (C=O) groups is 2. The summed E-state index contributed by atoms with van der Waals surface area (Å²) in [6.07, 6.45) is 14.6. The Hall–Kier alpha value is -3.38. The lowest BCUT2D eigenvalue weighted by Gasteiger charge is -2.36. The second kappa shape index (κ2) is 16.1. The minimum absolute atomic E-state index is 0. The van der Waals surface area contributed by atoms with Crippen molar-refractivity contribution >= 4 is 70.5 Å². The molecule has 2 aliphatic heterocycles. The Labute approximate surface area is 311 Å². The average Bonchev–Trinajstić information content (AvgIpc) is 4.03. The van der Waals surface area contributed by atoms with Crippen molar-refractivity contribution in [2.45, 2.75) is 57.9 Å². The summed E-state index contributed by atoms with van der Waals surface area (Å²) < 4.78 is 67.0. The van der Waals surface area contributed by atoms with E-state index in [0.29, 0.717) is 28.1 Å². The molecule has 2 saturated carbocycles. The number of hydrogen-bond acceptors (Lipinski definition) is 8. The van der Waals surface area contributed by atoms with Crippen LogP contribution in [-0.4, -0.2) is 94.0 Å². The molecule has 2 amide bonds. The van der Waals surface area contributed by atoms with Crippen molar-refractivity contribution in [3.63, 3.8) is 0 Å². The number of halogens is 5. The van der Waals surface area contributed by atoms with Crippen LogP contribution in [0.15, 0.2) is 58.0 Å². The number of rotatable bonds is 5. The summed E-state index contributed by atoms with van der Waals surface area (Å²) >= 11 is 6.59. The molecule has 2 aliphatic carbocycles. The number of likely N-dealkylation sites (tertiary alicyclic amines) is 1. The quantitative estimate of drug-likeness (QED) is 0.164. The standard InChI is InChI=1S/C15H17BrN4O.C9H15NO.C8H4BrF3N2O3S.CH4/c16-12-9-14-13(3-4-17-20(14)10-12)18-5-7-19(8-6-18)15(21)11-1-2-11;11-9(8-4-5-8)10-6-2-1-3-7-10;9-5-3-6-7(1-2-13-14(6)4-5)17-18(15,16)8(10,11)12;/h3-4,9-11H,1-2,5-8H2;8H,1-7H2;1-4H;1H4. The topological polar surface area (TPSA) is 122 Å². The van der Waals surface area contributed by atoms with E-state index in [1.165, 1.54) is 41.7 Å². The minimum Gasteiger partial charge on any atom is -0.374 e. The van der Waals surface area contributed by atoms with E-state index >= 15 is 0 Å². The third-order valence-electron chi connectivity index (χ3n) is 8.83. The van der Waals surface area contributed by atoms with Gasteiger partial charge in [0.2, 0.25) is 11.8 Å². The largest absolute Gasteiger partial charge is 0.534 e. The zero-order chi connectivity index (χ0) is 35.6. The highest BCUT2D eigenvalue weighted by molar-refractivity contribution is 9.10. The van der Waals surface area contributed by atoms with Crippen LogP contribution >= 0.6 is 31.9 Å². The van der Waals surface area contributed by atoms with Crippen molar-refractivity contribution in [2.24, 2.45) is 11.8 Å². The predicted octanol–water partition coefficient (Wildman–Crippen LogP) is 6.53. The predicted molar refractivity (Wildman–Crippen MR) is 193 cm³/mol. The van der Waals surface area contributed by atoms with Crippen molar-refractivity contribution in [3.8, 4) is 5.75 Å². The first kappa shape index (κ1) is 38.8. The molecule has 0 bridgehead atoms. The number of aromatic nitrogens is 4. The van der Waals surface area contributed by atoms with Gasteiger partial charge in [-0.05, 0) is 95.0 Å². The van der Waals surface area contributed by atoms with Gasteiger partial charge in [0.25, 0.3) is 0 Å². The van der Waals surface area contributed by atoms with Crippen LogP contribution in [0.4, 0.5) is 18.9 Å². The highest BCUT2D eigenvalue weighted by Gasteiger charge is 2.48. The van der Waals surface area contributed by atoms with Gasteiger partial charge in [-0.15, -0.1) is 0 Å². The number of anilines is 1. The second-order valence-electron chi connectivity index (χ2n) is 12.6. The van der Waals surface area contributed by atoms with Gasteiger partial charge in [0.1, 0.15) is 5.52 Å². The molecule has 4 aliphatic rings. The minimum atomic E-state index is -5.69. The number of piperazine rings is 1. The SMILES string of the molecule is C.O=C(C1CC1)N1CCCCC1.O=C(C1CC1)N1CCN(c2ccnn3cc(Br)cc23)CC1.O=S(=O)(Oc1ccnn2cc(Br)cc12)C(F)(F)F. The number of carbonyl (C=O) groups excluding carboxylic acids is 2. The molecule has 0 unspecified atom stereocenters. The van der Waals surface area contributed by atoms with Gasteiger partial charge < -0.3 is 18.9 Å². The molecule has 12 nitrogen and oxygen atoms in total. The number of nitrogens with zero attached hydrogens (tertiary/aromatic N) is 7. The molecule has 4 fully saturated rings. The molecular formula is C33H40Br2F3N7O5S. The van der Waals surface area contributed by atoms with Crippen LogP contribution in [0, 0.1) is 11.8 Å². The van der Waals surface area contributed by atoms with Crippen molar-refractivity contribution < 1.29 is 35.4 Å². The molecule has 18 heteroatoms. The van der Waals surface area contributed by atoms with E-state index in [9.17, 15) is 31.2 Å². The van der Waals surface area contributed by atoms with Gasteiger partial charge in [0.05, 0.1) is 17.4 Å². The van der Waals surface area contributed by atoms with Crippen LogP contribution < -0.4 is 9.08 Å². The zero-order valence-corrected chi connectivity index (χ0v) is 30.9. The fourth-order valence-electron chi connectivity index (χ4n) is 5.89. The normalized spacial score (nSPS) is 17.9. The first-order valence-corrected chi connectivity index (χ1v) is 19.4. The smallest absolute Gasteiger partial charge is 0.374 e. The van der Waals surface area contributed by atoms with Crippen LogP contribution in [0.1, 0.15) is 52.4 Å². The fraction of sp³-hybridized carbons (Fsp3) is 0.515. The summed E-state index contributed by atoms with van der Waals surface area (Å²) in [5.74, 6) is 1.09. The fourth-order valence-corrected chi connectivity index (χ4v) is 7.18. The van der Waals surface area contributed by atoms with Crippen LogP contribution in [0.5, 0.6) is 5.75 Å². The maximum atomic E-state index is 12.2. The summed E-state index contributed by atoms with van der Waals surface area (Å²) in [6.45, 7) is 5.48. The van der Waals surface area contributed by atoms with E-state index in [4.69, 9.17) is 0 Å². The van der Waals surface area contributed by atoms with E-state index < -0.39 is 21.4 Å². The summed E-state index contributed by atoms with van der Waals surface area (Å²) in [7, 11) is -5.69. The Morgan fingerprint density at radius 3 is 1.76 bits per heavy atom. The molecule has 0 atom stereocenters. The van der Waals surface area contributed by atoms with Crippen LogP contribution in [0.2, 0.25) is 0 Å². The van der Waals surface area contributed by atoms with Gasteiger partial charge in [-0.3, -0.25) is 9.59 Å². The Morgan fingerprint density at radius 1 is 0.745 bits per heavy atom. The third kappa shape index (κ3) is 9.54. The maximum absolute atomic E-state index is 12.2. The lowest BCUT2D eigenvalue weighted by atomic mass is 10.1. The van der Waals surface area contributed by atoms with E-state index in [0.717, 1.165) is 87.2 Å². The number of fused-ring (bicyclic) bond motifs is 2. The molecule has 8 rings (SSSR count). The molecule has 6 heterocycles. The lowest BCUT2D eigenvalue weighted by molar-refractivity contribution is -0.133. The van der Waals surface area contributed by atoms with Crippen LogP contribution in [-0.2, 0) is 19.7 Å². The van der Waals surface area contributed by atoms with Crippen molar-refractivity contribution in [3.05, 3.63) is 58.0 Å². The number of piperidine rings is 1. The highest BCUT2D eigenvalue weighted by atomic mass is 79.9. The molecule has 0 N–H and O–H groups in total. The first-order chi connectivity index (χ1) is 23.8. The van der Waals surface area contributed by atoms with Crippen LogP contribution in [0.25, 0.3) is 11.0 Å². The summed E-state index contributed by atoms with van der Waals surface area (Å²) in [6, 6.07) is 6.56. The Bertz CT molecular complexity index is 1950. The Morgan fingerprint density at radius 2 is 1.24 bits per heavy atom. The lowest BCUT2D eigenvalue weighted by Crippen LogP contribution is -2.49. The average molecular weight is 864 g/mol. The maximum Gasteiger partial charge on any atom is 0.534 e. The van der Waals surface area contributed by atoms with Gasteiger partial charge in [-0.25, -0.2) is 9.03 Å². The van der Waals surface area contributed by atoms with E-state index in [-0.39, 0.29) is 12.9 Å². The molecule has 4 aromatic heterocycles. The van der Waals surface area contributed by atoms with Gasteiger partial charge in [0, 0.05) is 84.7 Å². The summed E-state index contributed by atoms with van der Waals surface area (Å²) in [5.41, 5.74) is -3.09. The van der Waals surface area contributed by atoms with Crippen molar-refractivity contribution in [1.82, 2.24) is 29.0 Å². The van der Waals surface area contributed by atoms with Gasteiger partial charge in [-0.2, -0.15) is 31.8 Å². The molecule has 4 aromatic rings. The molecular weight excluding hydrogens is 823 g/mol. The second-order valence-corrected chi connectivity index (χ2v) is 16.0. The molecule has 0 radical (unpaired) electrons.